The molecule has 3 rings (SSSR count). The van der Waals surface area contributed by atoms with Crippen LogP contribution in [0.3, 0.4) is 0 Å². The predicted molar refractivity (Wildman–Crippen MR) is 87.9 cm³/mol. The van der Waals surface area contributed by atoms with Gasteiger partial charge in [0.1, 0.15) is 16.6 Å². The normalized spacial score (nSPS) is 14.7. The van der Waals surface area contributed by atoms with E-state index in [4.69, 9.17) is 11.6 Å². The fourth-order valence-electron chi connectivity index (χ4n) is 2.68. The van der Waals surface area contributed by atoms with E-state index in [1.807, 2.05) is 12.1 Å². The number of hydrogen-bond acceptors (Lipinski definition) is 4. The molecule has 0 bridgehead atoms. The average molecular weight is 332 g/mol. The number of nitriles is 1. The summed E-state index contributed by atoms with van der Waals surface area (Å²) in [6.45, 7) is 0. The molecule has 6 heteroatoms. The number of thiazole rings is 1. The lowest BCUT2D eigenvalue weighted by atomic mass is 10.1. The molecule has 0 saturated heterocycles. The Labute approximate surface area is 137 Å². The second kappa shape index (κ2) is 6.47. The van der Waals surface area contributed by atoms with Crippen molar-refractivity contribution in [3.05, 3.63) is 34.2 Å². The summed E-state index contributed by atoms with van der Waals surface area (Å²) in [7, 11) is 0. The van der Waals surface area contributed by atoms with Gasteiger partial charge in [0, 0.05) is 16.5 Å². The Morgan fingerprint density at radius 1 is 1.41 bits per heavy atom. The minimum absolute atomic E-state index is 0.00776. The molecule has 0 aliphatic heterocycles. The lowest BCUT2D eigenvalue weighted by Gasteiger charge is -2.07. The standard InChI is InChI=1S/C16H14ClN3OS/c17-12-7-3-6-11(8-12)14-13(9-18)22-16(19-14)20-15(21)10-4-1-2-5-10/h3,6-8,10H,1-2,4-5H2,(H,19,20,21). The first-order valence-corrected chi connectivity index (χ1v) is 8.34. The largest absolute Gasteiger partial charge is 0.302 e. The fourth-order valence-corrected chi connectivity index (χ4v) is 3.65. The number of aromatic nitrogens is 1. The van der Waals surface area contributed by atoms with Crippen molar-refractivity contribution >= 4 is 34.0 Å². The third-order valence-electron chi connectivity index (χ3n) is 3.78. The van der Waals surface area contributed by atoms with Crippen molar-refractivity contribution in [2.75, 3.05) is 5.32 Å². The number of hydrogen-bond donors (Lipinski definition) is 1. The van der Waals surface area contributed by atoms with Crippen LogP contribution in [-0.2, 0) is 4.79 Å². The molecule has 4 nitrogen and oxygen atoms in total. The molecule has 0 atom stereocenters. The van der Waals surface area contributed by atoms with E-state index in [1.54, 1.807) is 12.1 Å². The summed E-state index contributed by atoms with van der Waals surface area (Å²) in [6.07, 6.45) is 4.08. The number of amides is 1. The minimum Gasteiger partial charge on any atom is -0.302 e. The lowest BCUT2D eigenvalue weighted by Crippen LogP contribution is -2.20. The molecular weight excluding hydrogens is 318 g/mol. The predicted octanol–water partition coefficient (Wildman–Crippen LogP) is 4.46. The first kappa shape index (κ1) is 15.0. The van der Waals surface area contributed by atoms with Gasteiger partial charge in [0.25, 0.3) is 0 Å². The molecule has 1 N–H and O–H groups in total. The first-order chi connectivity index (χ1) is 10.7. The van der Waals surface area contributed by atoms with E-state index in [0.29, 0.717) is 20.7 Å². The zero-order chi connectivity index (χ0) is 15.5. The van der Waals surface area contributed by atoms with E-state index in [1.165, 1.54) is 11.3 Å². The van der Waals surface area contributed by atoms with Crippen molar-refractivity contribution in [2.24, 2.45) is 5.92 Å². The zero-order valence-corrected chi connectivity index (χ0v) is 13.4. The van der Waals surface area contributed by atoms with Gasteiger partial charge in [-0.25, -0.2) is 4.98 Å². The van der Waals surface area contributed by atoms with Crippen LogP contribution in [0.15, 0.2) is 24.3 Å². The minimum atomic E-state index is 0.00776. The van der Waals surface area contributed by atoms with E-state index in [0.717, 1.165) is 31.2 Å². The molecule has 0 unspecified atom stereocenters. The van der Waals surface area contributed by atoms with E-state index >= 15 is 0 Å². The van der Waals surface area contributed by atoms with Crippen molar-refractivity contribution in [2.45, 2.75) is 25.7 Å². The number of halogens is 1. The van der Waals surface area contributed by atoms with E-state index in [2.05, 4.69) is 16.4 Å². The van der Waals surface area contributed by atoms with Gasteiger partial charge in [-0.05, 0) is 25.0 Å². The SMILES string of the molecule is N#Cc1sc(NC(=O)C2CCCC2)nc1-c1cccc(Cl)c1. The van der Waals surface area contributed by atoms with Gasteiger partial charge in [-0.2, -0.15) is 5.26 Å². The summed E-state index contributed by atoms with van der Waals surface area (Å²) in [4.78, 5) is 17.1. The molecule has 1 fully saturated rings. The van der Waals surface area contributed by atoms with Crippen LogP contribution in [-0.4, -0.2) is 10.9 Å². The van der Waals surface area contributed by atoms with Gasteiger partial charge in [-0.1, -0.05) is 47.9 Å². The Balaban J connectivity index is 1.85. The van der Waals surface area contributed by atoms with Crippen LogP contribution >= 0.6 is 22.9 Å². The number of benzene rings is 1. The topological polar surface area (TPSA) is 65.8 Å². The molecule has 1 aromatic heterocycles. The van der Waals surface area contributed by atoms with Gasteiger partial charge in [0.2, 0.25) is 5.91 Å². The van der Waals surface area contributed by atoms with Gasteiger partial charge in [-0.3, -0.25) is 4.79 Å². The molecule has 1 aliphatic carbocycles. The maximum absolute atomic E-state index is 12.2. The van der Waals surface area contributed by atoms with Crippen LogP contribution < -0.4 is 5.32 Å². The van der Waals surface area contributed by atoms with Crippen molar-refractivity contribution in [3.8, 4) is 17.3 Å². The van der Waals surface area contributed by atoms with E-state index < -0.39 is 0 Å². The van der Waals surface area contributed by atoms with Crippen molar-refractivity contribution < 1.29 is 4.79 Å². The second-order valence-electron chi connectivity index (χ2n) is 5.29. The molecule has 22 heavy (non-hydrogen) atoms. The Morgan fingerprint density at radius 3 is 2.86 bits per heavy atom. The third-order valence-corrected chi connectivity index (χ3v) is 4.89. The van der Waals surface area contributed by atoms with E-state index in [9.17, 15) is 10.1 Å². The van der Waals surface area contributed by atoms with Gasteiger partial charge < -0.3 is 5.32 Å². The van der Waals surface area contributed by atoms with Crippen LogP contribution in [0.2, 0.25) is 5.02 Å². The monoisotopic (exact) mass is 331 g/mol. The number of carbonyl (C=O) groups excluding carboxylic acids is 1. The Morgan fingerprint density at radius 2 is 2.18 bits per heavy atom. The van der Waals surface area contributed by atoms with Gasteiger partial charge in [-0.15, -0.1) is 0 Å². The summed E-state index contributed by atoms with van der Waals surface area (Å²) in [6, 6.07) is 9.34. The highest BCUT2D eigenvalue weighted by molar-refractivity contribution is 7.16. The fraction of sp³-hybridized carbons (Fsp3) is 0.312. The highest BCUT2D eigenvalue weighted by Crippen LogP contribution is 2.33. The van der Waals surface area contributed by atoms with Crippen LogP contribution in [0, 0.1) is 17.2 Å². The van der Waals surface area contributed by atoms with Crippen molar-refractivity contribution in [1.82, 2.24) is 4.98 Å². The third kappa shape index (κ3) is 3.13. The number of anilines is 1. The molecule has 1 aromatic carbocycles. The molecule has 0 spiro atoms. The number of nitrogens with one attached hydrogen (secondary N) is 1. The Kier molecular flexibility index (Phi) is 4.41. The molecule has 0 radical (unpaired) electrons. The van der Waals surface area contributed by atoms with Crippen LogP contribution in [0.4, 0.5) is 5.13 Å². The summed E-state index contributed by atoms with van der Waals surface area (Å²) in [5, 5.41) is 13.2. The Hall–Kier alpha value is -1.90. The van der Waals surface area contributed by atoms with Crippen LogP contribution in [0.5, 0.6) is 0 Å². The van der Waals surface area contributed by atoms with E-state index in [-0.39, 0.29) is 11.8 Å². The lowest BCUT2D eigenvalue weighted by molar-refractivity contribution is -0.119. The molecule has 1 saturated carbocycles. The van der Waals surface area contributed by atoms with Gasteiger partial charge in [0.05, 0.1) is 0 Å². The van der Waals surface area contributed by atoms with Gasteiger partial charge in [0.15, 0.2) is 5.13 Å². The molecule has 1 heterocycles. The smallest absolute Gasteiger partial charge is 0.229 e. The number of nitrogens with zero attached hydrogens (tertiary/aromatic N) is 2. The molecule has 2 aromatic rings. The quantitative estimate of drug-likeness (QED) is 0.902. The number of rotatable bonds is 3. The summed E-state index contributed by atoms with van der Waals surface area (Å²) in [5.74, 6) is 0.0810. The highest BCUT2D eigenvalue weighted by atomic mass is 35.5. The molecule has 112 valence electrons. The maximum Gasteiger partial charge on any atom is 0.229 e. The second-order valence-corrected chi connectivity index (χ2v) is 6.73. The average Bonchev–Trinajstić information content (AvgIpc) is 3.16. The summed E-state index contributed by atoms with van der Waals surface area (Å²) < 4.78 is 0. The first-order valence-electron chi connectivity index (χ1n) is 7.15. The summed E-state index contributed by atoms with van der Waals surface area (Å²) >= 11 is 7.19. The van der Waals surface area contributed by atoms with Crippen LogP contribution in [0.1, 0.15) is 30.6 Å². The number of carbonyl (C=O) groups is 1. The van der Waals surface area contributed by atoms with Crippen molar-refractivity contribution in [1.29, 1.82) is 5.26 Å². The summed E-state index contributed by atoms with van der Waals surface area (Å²) in [5.41, 5.74) is 1.35. The molecule has 1 aliphatic rings. The zero-order valence-electron chi connectivity index (χ0n) is 11.8. The maximum atomic E-state index is 12.2. The van der Waals surface area contributed by atoms with Gasteiger partial charge >= 0.3 is 0 Å². The molecule has 1 amide bonds. The molecular formula is C16H14ClN3OS. The van der Waals surface area contributed by atoms with Crippen molar-refractivity contribution in [3.63, 3.8) is 0 Å². The van der Waals surface area contributed by atoms with Crippen LogP contribution in [0.25, 0.3) is 11.3 Å². The highest BCUT2D eigenvalue weighted by Gasteiger charge is 2.24. The Bertz CT molecular complexity index is 744.